The average molecular weight is 294 g/mol. The smallest absolute Gasteiger partial charge is 0.309 e. The van der Waals surface area contributed by atoms with Crippen LogP contribution in [-0.4, -0.2) is 31.1 Å². The van der Waals surface area contributed by atoms with Crippen molar-refractivity contribution >= 4 is 11.8 Å². The van der Waals surface area contributed by atoms with E-state index in [-0.39, 0.29) is 18.0 Å². The summed E-state index contributed by atoms with van der Waals surface area (Å²) in [4.78, 5) is 23.4. The van der Waals surface area contributed by atoms with E-state index in [1.807, 2.05) is 0 Å². The van der Waals surface area contributed by atoms with Gasteiger partial charge in [0, 0.05) is 13.2 Å². The maximum absolute atomic E-state index is 12.8. The molecule has 2 atom stereocenters. The standard InChI is InChI=1S/C15H19FN2O3/c1-10(11-4-6-12(16)7-5-11)18-15(20)14(19)17-9-13-3-2-8-21-13/h4-7,10,13H,2-3,8-9H2,1H3,(H,17,19)(H,18,20)/t10-,13-/m1/s1. The number of ether oxygens (including phenoxy) is 1. The van der Waals surface area contributed by atoms with Crippen molar-refractivity contribution in [1.29, 1.82) is 0 Å². The van der Waals surface area contributed by atoms with E-state index in [0.717, 1.165) is 18.4 Å². The molecule has 2 N–H and O–H groups in total. The molecule has 0 bridgehead atoms. The highest BCUT2D eigenvalue weighted by atomic mass is 19.1. The summed E-state index contributed by atoms with van der Waals surface area (Å²) in [7, 11) is 0. The van der Waals surface area contributed by atoms with Crippen molar-refractivity contribution in [2.75, 3.05) is 13.2 Å². The molecular formula is C15H19FN2O3. The van der Waals surface area contributed by atoms with Crippen LogP contribution in [0.3, 0.4) is 0 Å². The zero-order valence-corrected chi connectivity index (χ0v) is 11.9. The molecule has 1 saturated heterocycles. The Balaban J connectivity index is 1.79. The van der Waals surface area contributed by atoms with E-state index >= 15 is 0 Å². The average Bonchev–Trinajstić information content (AvgIpc) is 2.98. The van der Waals surface area contributed by atoms with Gasteiger partial charge in [-0.15, -0.1) is 0 Å². The predicted molar refractivity (Wildman–Crippen MR) is 74.9 cm³/mol. The Morgan fingerprint density at radius 2 is 2.05 bits per heavy atom. The number of hydrogen-bond acceptors (Lipinski definition) is 3. The molecule has 1 heterocycles. The van der Waals surface area contributed by atoms with Crippen LogP contribution in [0.5, 0.6) is 0 Å². The van der Waals surface area contributed by atoms with Crippen LogP contribution >= 0.6 is 0 Å². The lowest BCUT2D eigenvalue weighted by Gasteiger charge is -2.15. The number of hydrogen-bond donors (Lipinski definition) is 2. The highest BCUT2D eigenvalue weighted by Gasteiger charge is 2.20. The SMILES string of the molecule is C[C@@H](NC(=O)C(=O)NC[C@H]1CCCO1)c1ccc(F)cc1. The van der Waals surface area contributed by atoms with E-state index in [0.29, 0.717) is 13.2 Å². The van der Waals surface area contributed by atoms with Gasteiger partial charge in [-0.1, -0.05) is 12.1 Å². The number of carbonyl (C=O) groups is 2. The summed E-state index contributed by atoms with van der Waals surface area (Å²) in [5, 5.41) is 5.13. The van der Waals surface area contributed by atoms with Gasteiger partial charge in [0.1, 0.15) is 5.82 Å². The normalized spacial score (nSPS) is 19.0. The predicted octanol–water partition coefficient (Wildman–Crippen LogP) is 1.30. The number of carbonyl (C=O) groups excluding carboxylic acids is 2. The molecule has 1 aromatic carbocycles. The molecular weight excluding hydrogens is 275 g/mol. The Kier molecular flexibility index (Phi) is 5.27. The maximum Gasteiger partial charge on any atom is 0.309 e. The van der Waals surface area contributed by atoms with Gasteiger partial charge in [-0.2, -0.15) is 0 Å². The molecule has 6 heteroatoms. The van der Waals surface area contributed by atoms with Crippen LogP contribution < -0.4 is 10.6 Å². The summed E-state index contributed by atoms with van der Waals surface area (Å²) in [6.07, 6.45) is 1.87. The number of amides is 2. The van der Waals surface area contributed by atoms with Crippen molar-refractivity contribution in [1.82, 2.24) is 10.6 Å². The third-order valence-corrected chi connectivity index (χ3v) is 3.44. The highest BCUT2D eigenvalue weighted by Crippen LogP contribution is 2.13. The molecule has 0 aliphatic carbocycles. The summed E-state index contributed by atoms with van der Waals surface area (Å²) in [5.74, 6) is -1.73. The minimum atomic E-state index is -0.704. The van der Waals surface area contributed by atoms with Crippen LogP contribution in [0.2, 0.25) is 0 Å². The molecule has 2 amide bonds. The van der Waals surface area contributed by atoms with Crippen LogP contribution in [0, 0.1) is 5.82 Å². The summed E-state index contributed by atoms with van der Waals surface area (Å²) in [6, 6.07) is 5.41. The fourth-order valence-corrected chi connectivity index (χ4v) is 2.19. The number of nitrogens with one attached hydrogen (secondary N) is 2. The molecule has 1 aromatic rings. The fourth-order valence-electron chi connectivity index (χ4n) is 2.19. The van der Waals surface area contributed by atoms with Gasteiger partial charge >= 0.3 is 11.8 Å². The number of halogens is 1. The molecule has 0 spiro atoms. The van der Waals surface area contributed by atoms with Gasteiger partial charge in [-0.25, -0.2) is 4.39 Å². The summed E-state index contributed by atoms with van der Waals surface area (Å²) < 4.78 is 18.2. The molecule has 5 nitrogen and oxygen atoms in total. The van der Waals surface area contributed by atoms with Crippen molar-refractivity contribution in [3.05, 3.63) is 35.6 Å². The van der Waals surface area contributed by atoms with Crippen LogP contribution in [-0.2, 0) is 14.3 Å². The van der Waals surface area contributed by atoms with Gasteiger partial charge < -0.3 is 15.4 Å². The van der Waals surface area contributed by atoms with Gasteiger partial charge in [-0.05, 0) is 37.5 Å². The van der Waals surface area contributed by atoms with Gasteiger partial charge in [0.05, 0.1) is 12.1 Å². The first-order valence-electron chi connectivity index (χ1n) is 7.02. The number of benzene rings is 1. The Morgan fingerprint density at radius 1 is 1.33 bits per heavy atom. The van der Waals surface area contributed by atoms with Gasteiger partial charge in [0.25, 0.3) is 0 Å². The molecule has 1 fully saturated rings. The molecule has 0 unspecified atom stereocenters. The molecule has 114 valence electrons. The topological polar surface area (TPSA) is 67.4 Å². The van der Waals surface area contributed by atoms with E-state index < -0.39 is 11.8 Å². The highest BCUT2D eigenvalue weighted by molar-refractivity contribution is 6.35. The third kappa shape index (κ3) is 4.53. The van der Waals surface area contributed by atoms with E-state index in [1.54, 1.807) is 19.1 Å². The second-order valence-corrected chi connectivity index (χ2v) is 5.09. The molecule has 0 saturated carbocycles. The Bertz CT molecular complexity index is 498. The van der Waals surface area contributed by atoms with E-state index in [1.165, 1.54) is 12.1 Å². The van der Waals surface area contributed by atoms with Crippen molar-refractivity contribution in [2.45, 2.75) is 31.9 Å². The Labute approximate surface area is 122 Å². The maximum atomic E-state index is 12.8. The van der Waals surface area contributed by atoms with Crippen LogP contribution in [0.25, 0.3) is 0 Å². The third-order valence-electron chi connectivity index (χ3n) is 3.44. The molecule has 1 aliphatic heterocycles. The second kappa shape index (κ2) is 7.17. The fraction of sp³-hybridized carbons (Fsp3) is 0.467. The zero-order chi connectivity index (χ0) is 15.2. The van der Waals surface area contributed by atoms with Crippen molar-refractivity contribution in [3.8, 4) is 0 Å². The van der Waals surface area contributed by atoms with E-state index in [2.05, 4.69) is 10.6 Å². The molecule has 2 rings (SSSR count). The van der Waals surface area contributed by atoms with Crippen molar-refractivity contribution in [3.63, 3.8) is 0 Å². The van der Waals surface area contributed by atoms with Crippen molar-refractivity contribution in [2.24, 2.45) is 0 Å². The summed E-state index contributed by atoms with van der Waals surface area (Å²) >= 11 is 0. The Morgan fingerprint density at radius 3 is 2.67 bits per heavy atom. The second-order valence-electron chi connectivity index (χ2n) is 5.09. The first-order valence-corrected chi connectivity index (χ1v) is 7.02. The van der Waals surface area contributed by atoms with Crippen LogP contribution in [0.1, 0.15) is 31.4 Å². The molecule has 0 aromatic heterocycles. The van der Waals surface area contributed by atoms with Gasteiger partial charge in [0.15, 0.2) is 0 Å². The first kappa shape index (κ1) is 15.4. The van der Waals surface area contributed by atoms with Crippen molar-refractivity contribution < 1.29 is 18.7 Å². The first-order chi connectivity index (χ1) is 10.1. The molecule has 0 radical (unpaired) electrons. The molecule has 1 aliphatic rings. The Hall–Kier alpha value is -1.95. The lowest BCUT2D eigenvalue weighted by atomic mass is 10.1. The van der Waals surface area contributed by atoms with Gasteiger partial charge in [0.2, 0.25) is 0 Å². The lowest BCUT2D eigenvalue weighted by molar-refractivity contribution is -0.139. The number of rotatable bonds is 4. The zero-order valence-electron chi connectivity index (χ0n) is 11.9. The van der Waals surface area contributed by atoms with E-state index in [4.69, 9.17) is 4.74 Å². The molecule has 21 heavy (non-hydrogen) atoms. The summed E-state index contributed by atoms with van der Waals surface area (Å²) in [5.41, 5.74) is 0.733. The largest absolute Gasteiger partial charge is 0.376 e. The van der Waals surface area contributed by atoms with E-state index in [9.17, 15) is 14.0 Å². The lowest BCUT2D eigenvalue weighted by Crippen LogP contribution is -2.43. The monoisotopic (exact) mass is 294 g/mol. The van der Waals surface area contributed by atoms with Crippen LogP contribution in [0.4, 0.5) is 4.39 Å². The minimum absolute atomic E-state index is 0.00345. The summed E-state index contributed by atoms with van der Waals surface area (Å²) in [6.45, 7) is 2.78. The minimum Gasteiger partial charge on any atom is -0.376 e. The quantitative estimate of drug-likeness (QED) is 0.823. The van der Waals surface area contributed by atoms with Gasteiger partial charge in [-0.3, -0.25) is 9.59 Å². The van der Waals surface area contributed by atoms with Crippen LogP contribution in [0.15, 0.2) is 24.3 Å².